The number of H-pyrrole nitrogens is 1. The Balaban J connectivity index is 1.78. The summed E-state index contributed by atoms with van der Waals surface area (Å²) in [5.41, 5.74) is 3.42. The largest absolute Gasteiger partial charge is 0.351 e. The van der Waals surface area contributed by atoms with Crippen LogP contribution in [-0.2, 0) is 5.41 Å². The molecule has 6 nitrogen and oxygen atoms in total. The normalized spacial score (nSPS) is 11.6. The number of amides is 2. The minimum Gasteiger partial charge on any atom is -0.351 e. The smallest absolute Gasteiger partial charge is 0.254 e. The van der Waals surface area contributed by atoms with E-state index in [4.69, 9.17) is 16.6 Å². The molecular formula is C27H35ClN4O2. The summed E-state index contributed by atoms with van der Waals surface area (Å²) in [6.07, 6.45) is 2.54. The maximum Gasteiger partial charge on any atom is 0.254 e. The van der Waals surface area contributed by atoms with Gasteiger partial charge in [-0.25, -0.2) is 4.98 Å². The third-order valence-corrected chi connectivity index (χ3v) is 7.00. The predicted octanol–water partition coefficient (Wildman–Crippen LogP) is 5.88. The van der Waals surface area contributed by atoms with Crippen LogP contribution in [0.4, 0.5) is 0 Å². The van der Waals surface area contributed by atoms with Gasteiger partial charge < -0.3 is 15.2 Å². The summed E-state index contributed by atoms with van der Waals surface area (Å²) in [4.78, 5) is 35.9. The van der Waals surface area contributed by atoms with Gasteiger partial charge in [0.15, 0.2) is 0 Å². The quantitative estimate of drug-likeness (QED) is 0.378. The molecule has 0 unspecified atom stereocenters. The highest BCUT2D eigenvalue weighted by Crippen LogP contribution is 2.31. The third-order valence-electron chi connectivity index (χ3n) is 6.77. The Morgan fingerprint density at radius 3 is 2.44 bits per heavy atom. The molecule has 2 aromatic carbocycles. The SMILES string of the molecule is CCCN(CC)C(=O)c1ccc(C(=O)NCC(CC)(CC)c2nc3ccc(Cl)cc3[nH]2)cc1C. The fourth-order valence-electron chi connectivity index (χ4n) is 4.39. The zero-order chi connectivity index (χ0) is 24.9. The van der Waals surface area contributed by atoms with E-state index < -0.39 is 0 Å². The molecule has 3 aromatic rings. The molecule has 0 saturated heterocycles. The Hall–Kier alpha value is -2.86. The molecule has 0 atom stereocenters. The number of nitrogens with one attached hydrogen (secondary N) is 2. The first-order valence-corrected chi connectivity index (χ1v) is 12.5. The van der Waals surface area contributed by atoms with Crippen LogP contribution in [0.25, 0.3) is 11.0 Å². The fourth-order valence-corrected chi connectivity index (χ4v) is 4.56. The van der Waals surface area contributed by atoms with Crippen molar-refractivity contribution in [3.8, 4) is 0 Å². The van der Waals surface area contributed by atoms with Gasteiger partial charge in [-0.2, -0.15) is 0 Å². The third kappa shape index (κ3) is 5.27. The number of halogens is 1. The van der Waals surface area contributed by atoms with Crippen molar-refractivity contribution in [1.29, 1.82) is 0 Å². The van der Waals surface area contributed by atoms with E-state index in [0.29, 0.717) is 29.2 Å². The molecule has 182 valence electrons. The summed E-state index contributed by atoms with van der Waals surface area (Å²) >= 11 is 6.14. The Kier molecular flexibility index (Phi) is 8.37. The highest BCUT2D eigenvalue weighted by atomic mass is 35.5. The zero-order valence-electron chi connectivity index (χ0n) is 20.8. The Labute approximate surface area is 207 Å². The molecule has 0 aliphatic carbocycles. The van der Waals surface area contributed by atoms with Gasteiger partial charge in [-0.1, -0.05) is 32.4 Å². The second kappa shape index (κ2) is 11.0. The number of rotatable bonds is 10. The lowest BCUT2D eigenvalue weighted by molar-refractivity contribution is 0.0763. The van der Waals surface area contributed by atoms with Crippen LogP contribution in [0.3, 0.4) is 0 Å². The van der Waals surface area contributed by atoms with Crippen LogP contribution < -0.4 is 5.32 Å². The van der Waals surface area contributed by atoms with E-state index in [0.717, 1.165) is 48.2 Å². The van der Waals surface area contributed by atoms with Crippen molar-refractivity contribution in [1.82, 2.24) is 20.2 Å². The van der Waals surface area contributed by atoms with Crippen molar-refractivity contribution < 1.29 is 9.59 Å². The fraction of sp³-hybridized carbons (Fsp3) is 0.444. The van der Waals surface area contributed by atoms with Crippen molar-refractivity contribution in [2.45, 2.75) is 59.3 Å². The number of hydrogen-bond acceptors (Lipinski definition) is 3. The Bertz CT molecular complexity index is 1170. The second-order valence-electron chi connectivity index (χ2n) is 8.83. The Morgan fingerprint density at radius 2 is 1.82 bits per heavy atom. The van der Waals surface area contributed by atoms with Gasteiger partial charge in [0.25, 0.3) is 11.8 Å². The highest BCUT2D eigenvalue weighted by Gasteiger charge is 2.32. The van der Waals surface area contributed by atoms with E-state index in [2.05, 4.69) is 31.1 Å². The molecule has 0 aliphatic rings. The molecular weight excluding hydrogens is 448 g/mol. The first-order valence-electron chi connectivity index (χ1n) is 12.1. The minimum absolute atomic E-state index is 0.00906. The second-order valence-corrected chi connectivity index (χ2v) is 9.27. The lowest BCUT2D eigenvalue weighted by Crippen LogP contribution is -2.41. The van der Waals surface area contributed by atoms with Crippen LogP contribution in [0.15, 0.2) is 36.4 Å². The summed E-state index contributed by atoms with van der Waals surface area (Å²) in [5.74, 6) is 0.700. The molecule has 0 radical (unpaired) electrons. The average Bonchev–Trinajstić information content (AvgIpc) is 3.26. The van der Waals surface area contributed by atoms with E-state index in [1.54, 1.807) is 18.2 Å². The van der Waals surface area contributed by atoms with Gasteiger partial charge >= 0.3 is 0 Å². The molecule has 0 spiro atoms. The monoisotopic (exact) mass is 482 g/mol. The number of carbonyl (C=O) groups excluding carboxylic acids is 2. The molecule has 1 heterocycles. The van der Waals surface area contributed by atoms with Crippen LogP contribution >= 0.6 is 11.6 Å². The summed E-state index contributed by atoms with van der Waals surface area (Å²) < 4.78 is 0. The van der Waals surface area contributed by atoms with E-state index >= 15 is 0 Å². The van der Waals surface area contributed by atoms with Crippen LogP contribution in [-0.4, -0.2) is 46.3 Å². The van der Waals surface area contributed by atoms with Crippen molar-refractivity contribution in [2.24, 2.45) is 0 Å². The molecule has 3 rings (SSSR count). The van der Waals surface area contributed by atoms with Crippen molar-refractivity contribution >= 4 is 34.4 Å². The van der Waals surface area contributed by atoms with Gasteiger partial charge in [0, 0.05) is 41.2 Å². The molecule has 0 bridgehead atoms. The van der Waals surface area contributed by atoms with Gasteiger partial charge in [-0.05, 0) is 75.1 Å². The standard InChI is InChI=1S/C27H35ClN4O2/c1-6-14-32(9-4)25(34)21-12-10-19(15-18(21)5)24(33)29-17-27(7-2,8-3)26-30-22-13-11-20(28)16-23(22)31-26/h10-13,15-16H,6-9,14,17H2,1-5H3,(H,29,33)(H,30,31). The number of aromatic nitrogens is 2. The van der Waals surface area contributed by atoms with Gasteiger partial charge in [-0.3, -0.25) is 9.59 Å². The van der Waals surface area contributed by atoms with Gasteiger partial charge in [0.1, 0.15) is 5.82 Å². The highest BCUT2D eigenvalue weighted by molar-refractivity contribution is 6.31. The average molecular weight is 483 g/mol. The van der Waals surface area contributed by atoms with Gasteiger partial charge in [0.2, 0.25) is 0 Å². The lowest BCUT2D eigenvalue weighted by atomic mass is 9.81. The maximum atomic E-state index is 13.0. The number of carbonyl (C=O) groups is 2. The molecule has 2 amide bonds. The van der Waals surface area contributed by atoms with Crippen LogP contribution in [0.2, 0.25) is 5.02 Å². The summed E-state index contributed by atoms with van der Waals surface area (Å²) in [6, 6.07) is 10.9. The summed E-state index contributed by atoms with van der Waals surface area (Å²) in [6.45, 7) is 12.0. The molecule has 0 aliphatic heterocycles. The number of benzene rings is 2. The van der Waals surface area contributed by atoms with Crippen LogP contribution in [0.1, 0.15) is 79.1 Å². The lowest BCUT2D eigenvalue weighted by Gasteiger charge is -2.30. The number of aromatic amines is 1. The predicted molar refractivity (Wildman–Crippen MR) is 139 cm³/mol. The van der Waals surface area contributed by atoms with Crippen molar-refractivity contribution in [3.05, 3.63) is 63.9 Å². The number of hydrogen-bond donors (Lipinski definition) is 2. The maximum absolute atomic E-state index is 13.0. The number of imidazole rings is 1. The first-order chi connectivity index (χ1) is 16.3. The van der Waals surface area contributed by atoms with E-state index in [-0.39, 0.29) is 17.2 Å². The van der Waals surface area contributed by atoms with Crippen molar-refractivity contribution in [2.75, 3.05) is 19.6 Å². The minimum atomic E-state index is -0.326. The summed E-state index contributed by atoms with van der Waals surface area (Å²) in [5, 5.41) is 3.76. The molecule has 34 heavy (non-hydrogen) atoms. The first kappa shape index (κ1) is 25.8. The van der Waals surface area contributed by atoms with Crippen LogP contribution in [0, 0.1) is 6.92 Å². The van der Waals surface area contributed by atoms with Crippen molar-refractivity contribution in [3.63, 3.8) is 0 Å². The topological polar surface area (TPSA) is 78.1 Å². The number of aryl methyl sites for hydroxylation is 1. The van der Waals surface area contributed by atoms with E-state index in [1.807, 2.05) is 36.9 Å². The molecule has 0 saturated carbocycles. The molecule has 0 fully saturated rings. The molecule has 2 N–H and O–H groups in total. The number of nitrogens with zero attached hydrogens (tertiary/aromatic N) is 2. The molecule has 1 aromatic heterocycles. The van der Waals surface area contributed by atoms with Gasteiger partial charge in [-0.15, -0.1) is 0 Å². The summed E-state index contributed by atoms with van der Waals surface area (Å²) in [7, 11) is 0. The zero-order valence-corrected chi connectivity index (χ0v) is 21.6. The van der Waals surface area contributed by atoms with Crippen LogP contribution in [0.5, 0.6) is 0 Å². The van der Waals surface area contributed by atoms with Gasteiger partial charge in [0.05, 0.1) is 11.0 Å². The number of fused-ring (bicyclic) bond motifs is 1. The Morgan fingerprint density at radius 1 is 1.09 bits per heavy atom. The van der Waals surface area contributed by atoms with E-state index in [1.165, 1.54) is 0 Å². The molecule has 7 heteroatoms. The van der Waals surface area contributed by atoms with E-state index in [9.17, 15) is 9.59 Å².